The lowest BCUT2D eigenvalue weighted by molar-refractivity contribution is -0.118. The van der Waals surface area contributed by atoms with Gasteiger partial charge in [0.25, 0.3) is 0 Å². The molecule has 0 fully saturated rings. The van der Waals surface area contributed by atoms with Gasteiger partial charge in [-0.15, -0.1) is 0 Å². The number of anilines is 1. The molecule has 0 aliphatic carbocycles. The van der Waals surface area contributed by atoms with E-state index in [0.717, 1.165) is 5.69 Å². The van der Waals surface area contributed by atoms with Gasteiger partial charge in [-0.05, 0) is 12.1 Å². The van der Waals surface area contributed by atoms with E-state index < -0.39 is 0 Å². The van der Waals surface area contributed by atoms with E-state index in [2.05, 4.69) is 5.32 Å². The van der Waals surface area contributed by atoms with Crippen LogP contribution in [0.1, 0.15) is 13.8 Å². The molecule has 1 aromatic rings. The predicted molar refractivity (Wildman–Crippen MR) is 64.5 cm³/mol. The number of carbonyl (C=O) groups excluding carboxylic acids is 1. The fraction of sp³-hybridized carbons (Fsp3) is 0.417. The Morgan fingerprint density at radius 3 is 2.88 bits per heavy atom. The molecule has 0 saturated heterocycles. The quantitative estimate of drug-likeness (QED) is 0.795. The van der Waals surface area contributed by atoms with Gasteiger partial charge < -0.3 is 15.8 Å². The van der Waals surface area contributed by atoms with E-state index in [1.54, 1.807) is 6.07 Å². The Kier molecular flexibility index (Phi) is 4.79. The van der Waals surface area contributed by atoms with Gasteiger partial charge in [0.05, 0.1) is 0 Å². The van der Waals surface area contributed by atoms with Crippen molar-refractivity contribution in [3.05, 3.63) is 24.3 Å². The van der Waals surface area contributed by atoms with Gasteiger partial charge >= 0.3 is 0 Å². The Balaban J connectivity index is 2.63. The van der Waals surface area contributed by atoms with Gasteiger partial charge in [-0.3, -0.25) is 4.79 Å². The highest BCUT2D eigenvalue weighted by molar-refractivity contribution is 5.92. The third-order valence-corrected chi connectivity index (χ3v) is 2.01. The minimum Gasteiger partial charge on any atom is -0.492 e. The van der Waals surface area contributed by atoms with Gasteiger partial charge in [0, 0.05) is 24.2 Å². The maximum atomic E-state index is 11.5. The zero-order chi connectivity index (χ0) is 12.0. The second-order valence-corrected chi connectivity index (χ2v) is 3.81. The van der Waals surface area contributed by atoms with Crippen molar-refractivity contribution in [1.29, 1.82) is 0 Å². The van der Waals surface area contributed by atoms with Crippen LogP contribution in [0.2, 0.25) is 0 Å². The van der Waals surface area contributed by atoms with E-state index in [0.29, 0.717) is 18.9 Å². The summed E-state index contributed by atoms with van der Waals surface area (Å²) in [5.74, 6) is 0.677. The third kappa shape index (κ3) is 3.90. The van der Waals surface area contributed by atoms with Crippen LogP contribution in [-0.4, -0.2) is 19.1 Å². The monoisotopic (exact) mass is 222 g/mol. The molecule has 0 atom stereocenters. The number of benzene rings is 1. The smallest absolute Gasteiger partial charge is 0.226 e. The highest BCUT2D eigenvalue weighted by Gasteiger charge is 2.07. The van der Waals surface area contributed by atoms with E-state index in [4.69, 9.17) is 10.5 Å². The van der Waals surface area contributed by atoms with Gasteiger partial charge in [-0.25, -0.2) is 0 Å². The van der Waals surface area contributed by atoms with Crippen molar-refractivity contribution in [1.82, 2.24) is 0 Å². The molecule has 4 nitrogen and oxygen atoms in total. The molecule has 88 valence electrons. The lowest BCUT2D eigenvalue weighted by Gasteiger charge is -2.09. The fourth-order valence-electron chi connectivity index (χ4n) is 1.13. The Hall–Kier alpha value is -1.55. The van der Waals surface area contributed by atoms with Crippen LogP contribution in [-0.2, 0) is 4.79 Å². The summed E-state index contributed by atoms with van der Waals surface area (Å²) < 4.78 is 5.36. The van der Waals surface area contributed by atoms with Crippen LogP contribution in [0.5, 0.6) is 5.75 Å². The first-order chi connectivity index (χ1) is 7.63. The summed E-state index contributed by atoms with van der Waals surface area (Å²) in [4.78, 5) is 11.5. The van der Waals surface area contributed by atoms with Crippen LogP contribution >= 0.6 is 0 Å². The Bertz CT molecular complexity index is 351. The molecule has 4 heteroatoms. The highest BCUT2D eigenvalue weighted by atomic mass is 16.5. The van der Waals surface area contributed by atoms with Crippen molar-refractivity contribution in [2.24, 2.45) is 11.7 Å². The fourth-order valence-corrected chi connectivity index (χ4v) is 1.13. The molecule has 0 aromatic heterocycles. The first kappa shape index (κ1) is 12.5. The number of hydrogen-bond acceptors (Lipinski definition) is 3. The number of carbonyl (C=O) groups is 1. The van der Waals surface area contributed by atoms with Crippen LogP contribution in [0.3, 0.4) is 0 Å². The van der Waals surface area contributed by atoms with E-state index in [1.807, 2.05) is 32.0 Å². The van der Waals surface area contributed by atoms with Crippen molar-refractivity contribution in [2.75, 3.05) is 18.5 Å². The van der Waals surface area contributed by atoms with Crippen LogP contribution in [0.25, 0.3) is 0 Å². The lowest BCUT2D eigenvalue weighted by atomic mass is 10.2. The van der Waals surface area contributed by atoms with Gasteiger partial charge in [-0.2, -0.15) is 0 Å². The predicted octanol–water partition coefficient (Wildman–Crippen LogP) is 1.62. The Labute approximate surface area is 95.8 Å². The second-order valence-electron chi connectivity index (χ2n) is 3.81. The van der Waals surface area contributed by atoms with Crippen LogP contribution in [0.4, 0.5) is 5.69 Å². The number of nitrogens with two attached hydrogens (primary N) is 1. The van der Waals surface area contributed by atoms with Crippen molar-refractivity contribution in [3.8, 4) is 5.75 Å². The van der Waals surface area contributed by atoms with E-state index >= 15 is 0 Å². The Morgan fingerprint density at radius 2 is 2.25 bits per heavy atom. The van der Waals surface area contributed by atoms with Crippen LogP contribution < -0.4 is 15.8 Å². The van der Waals surface area contributed by atoms with Gasteiger partial charge in [0.15, 0.2) is 0 Å². The lowest BCUT2D eigenvalue weighted by Crippen LogP contribution is -2.17. The minimum absolute atomic E-state index is 0.00373. The molecule has 1 amide bonds. The zero-order valence-electron chi connectivity index (χ0n) is 9.69. The van der Waals surface area contributed by atoms with Gasteiger partial charge in [0.2, 0.25) is 5.91 Å². The summed E-state index contributed by atoms with van der Waals surface area (Å²) in [6.45, 7) is 4.65. The van der Waals surface area contributed by atoms with Crippen LogP contribution in [0.15, 0.2) is 24.3 Å². The van der Waals surface area contributed by atoms with Crippen molar-refractivity contribution in [2.45, 2.75) is 13.8 Å². The molecule has 0 bridgehead atoms. The van der Waals surface area contributed by atoms with Crippen LogP contribution in [0, 0.1) is 5.92 Å². The molecule has 0 aliphatic heterocycles. The van der Waals surface area contributed by atoms with E-state index in [1.165, 1.54) is 0 Å². The first-order valence-electron chi connectivity index (χ1n) is 5.37. The number of nitrogens with one attached hydrogen (secondary N) is 1. The third-order valence-electron chi connectivity index (χ3n) is 2.01. The maximum absolute atomic E-state index is 11.5. The summed E-state index contributed by atoms with van der Waals surface area (Å²) in [6.07, 6.45) is 0. The summed E-state index contributed by atoms with van der Waals surface area (Å²) in [6, 6.07) is 7.29. The number of rotatable bonds is 5. The normalized spacial score (nSPS) is 10.2. The molecular weight excluding hydrogens is 204 g/mol. The molecule has 0 saturated carbocycles. The molecule has 0 spiro atoms. The molecule has 16 heavy (non-hydrogen) atoms. The summed E-state index contributed by atoms with van der Waals surface area (Å²) in [5, 5.41) is 2.81. The zero-order valence-corrected chi connectivity index (χ0v) is 9.69. The van der Waals surface area contributed by atoms with Gasteiger partial charge in [-0.1, -0.05) is 19.9 Å². The SMILES string of the molecule is CC(C)C(=O)Nc1cccc(OCCN)c1. The summed E-state index contributed by atoms with van der Waals surface area (Å²) >= 11 is 0. The molecule has 0 unspecified atom stereocenters. The number of amides is 1. The highest BCUT2D eigenvalue weighted by Crippen LogP contribution is 2.17. The second kappa shape index (κ2) is 6.12. The molecule has 0 heterocycles. The average molecular weight is 222 g/mol. The first-order valence-corrected chi connectivity index (χ1v) is 5.37. The van der Waals surface area contributed by atoms with Gasteiger partial charge in [0.1, 0.15) is 12.4 Å². The summed E-state index contributed by atoms with van der Waals surface area (Å²) in [7, 11) is 0. The minimum atomic E-state index is -0.0337. The molecule has 0 radical (unpaired) electrons. The van der Waals surface area contributed by atoms with E-state index in [-0.39, 0.29) is 11.8 Å². The molecule has 3 N–H and O–H groups in total. The van der Waals surface area contributed by atoms with Crippen molar-refractivity contribution < 1.29 is 9.53 Å². The summed E-state index contributed by atoms with van der Waals surface area (Å²) in [5.41, 5.74) is 6.08. The number of hydrogen-bond donors (Lipinski definition) is 2. The molecule has 0 aliphatic rings. The molecule has 1 rings (SSSR count). The van der Waals surface area contributed by atoms with Crippen molar-refractivity contribution >= 4 is 11.6 Å². The molecule has 1 aromatic carbocycles. The Morgan fingerprint density at radius 1 is 1.50 bits per heavy atom. The van der Waals surface area contributed by atoms with E-state index in [9.17, 15) is 4.79 Å². The van der Waals surface area contributed by atoms with Crippen molar-refractivity contribution in [3.63, 3.8) is 0 Å². The standard InChI is InChI=1S/C12H18N2O2/c1-9(2)12(15)14-10-4-3-5-11(8-10)16-7-6-13/h3-5,8-9H,6-7,13H2,1-2H3,(H,14,15). The molecular formula is C12H18N2O2. The largest absolute Gasteiger partial charge is 0.492 e. The number of ether oxygens (including phenoxy) is 1. The topological polar surface area (TPSA) is 64.3 Å². The average Bonchev–Trinajstić information content (AvgIpc) is 2.26. The maximum Gasteiger partial charge on any atom is 0.226 e.